The number of anilines is 1. The Bertz CT molecular complexity index is 602. The molecule has 0 fully saturated rings. The fourth-order valence-electron chi connectivity index (χ4n) is 2.05. The number of pyridine rings is 1. The molecular weight excluding hydrogens is 250 g/mol. The van der Waals surface area contributed by atoms with Crippen LogP contribution in [-0.2, 0) is 5.41 Å². The van der Waals surface area contributed by atoms with Gasteiger partial charge in [0, 0.05) is 16.5 Å². The molecule has 0 aliphatic heterocycles. The zero-order valence-electron chi connectivity index (χ0n) is 12.7. The molecule has 0 saturated heterocycles. The molecule has 0 radical (unpaired) electrons. The van der Waals surface area contributed by atoms with E-state index in [0.29, 0.717) is 6.61 Å². The first kappa shape index (κ1) is 14.6. The summed E-state index contributed by atoms with van der Waals surface area (Å²) in [6.45, 7) is 9.18. The van der Waals surface area contributed by atoms with Gasteiger partial charge in [-0.3, -0.25) is 5.84 Å². The Morgan fingerprint density at radius 1 is 1.30 bits per heavy atom. The van der Waals surface area contributed by atoms with Gasteiger partial charge in [-0.2, -0.15) is 0 Å². The predicted octanol–water partition coefficient (Wildman–Crippen LogP) is 3.61. The number of nitrogens with zero attached hydrogens (tertiary/aromatic N) is 1. The highest BCUT2D eigenvalue weighted by atomic mass is 16.5. The van der Waals surface area contributed by atoms with Crippen LogP contribution in [0, 0.1) is 0 Å². The minimum Gasteiger partial charge on any atom is -0.491 e. The van der Waals surface area contributed by atoms with Gasteiger partial charge in [0.15, 0.2) is 0 Å². The van der Waals surface area contributed by atoms with E-state index < -0.39 is 0 Å². The summed E-state index contributed by atoms with van der Waals surface area (Å²) >= 11 is 0. The van der Waals surface area contributed by atoms with Crippen LogP contribution in [-0.4, -0.2) is 11.6 Å². The Hall–Kier alpha value is -1.81. The third-order valence-corrected chi connectivity index (χ3v) is 3.19. The highest BCUT2D eigenvalue weighted by Gasteiger charge is 2.19. The number of fused-ring (bicyclic) bond motifs is 1. The summed E-state index contributed by atoms with van der Waals surface area (Å²) in [4.78, 5) is 4.79. The van der Waals surface area contributed by atoms with Crippen LogP contribution in [0.2, 0.25) is 0 Å². The number of ether oxygens (including phenoxy) is 1. The summed E-state index contributed by atoms with van der Waals surface area (Å²) in [6, 6.07) is 7.93. The van der Waals surface area contributed by atoms with E-state index in [9.17, 15) is 0 Å². The van der Waals surface area contributed by atoms with Gasteiger partial charge in [-0.1, -0.05) is 39.8 Å². The number of hydrogen-bond donors (Lipinski definition) is 2. The Morgan fingerprint density at radius 3 is 2.65 bits per heavy atom. The van der Waals surface area contributed by atoms with Gasteiger partial charge in [0.25, 0.3) is 0 Å². The predicted molar refractivity (Wildman–Crippen MR) is 84.0 cm³/mol. The second-order valence-electron chi connectivity index (χ2n) is 5.95. The van der Waals surface area contributed by atoms with Crippen molar-refractivity contribution in [2.24, 2.45) is 5.84 Å². The van der Waals surface area contributed by atoms with E-state index in [1.54, 1.807) is 0 Å². The fourth-order valence-corrected chi connectivity index (χ4v) is 2.05. The van der Waals surface area contributed by atoms with E-state index >= 15 is 0 Å². The van der Waals surface area contributed by atoms with Crippen molar-refractivity contribution in [1.82, 2.24) is 4.98 Å². The molecule has 108 valence electrons. The van der Waals surface area contributed by atoms with Crippen molar-refractivity contribution in [3.8, 4) is 5.75 Å². The third-order valence-electron chi connectivity index (χ3n) is 3.19. The molecule has 0 amide bonds. The summed E-state index contributed by atoms with van der Waals surface area (Å²) in [5, 5.41) is 0.981. The van der Waals surface area contributed by atoms with Crippen LogP contribution in [0.3, 0.4) is 0 Å². The summed E-state index contributed by atoms with van der Waals surface area (Å²) in [5.41, 5.74) is 5.46. The quantitative estimate of drug-likeness (QED) is 0.660. The maximum absolute atomic E-state index is 5.80. The largest absolute Gasteiger partial charge is 0.491 e. The van der Waals surface area contributed by atoms with Gasteiger partial charge >= 0.3 is 0 Å². The van der Waals surface area contributed by atoms with Gasteiger partial charge in [0.2, 0.25) is 0 Å². The minimum atomic E-state index is -0.0440. The Balaban J connectivity index is 2.66. The summed E-state index contributed by atoms with van der Waals surface area (Å²) in [7, 11) is 0. The Labute approximate surface area is 120 Å². The Kier molecular flexibility index (Phi) is 4.14. The van der Waals surface area contributed by atoms with Crippen molar-refractivity contribution in [1.29, 1.82) is 0 Å². The van der Waals surface area contributed by atoms with E-state index in [2.05, 4.69) is 33.1 Å². The molecule has 0 spiro atoms. The molecule has 0 saturated carbocycles. The molecule has 2 aromatic rings. The molecule has 1 heterocycles. The summed E-state index contributed by atoms with van der Waals surface area (Å²) < 4.78 is 5.80. The SMILES string of the molecule is CCCOc1cccc2c(NN)cc(C(C)(C)C)nc12. The van der Waals surface area contributed by atoms with Crippen molar-refractivity contribution >= 4 is 16.6 Å². The number of nitrogen functional groups attached to an aromatic ring is 1. The van der Waals surface area contributed by atoms with Crippen molar-refractivity contribution in [3.63, 3.8) is 0 Å². The number of nitrogens with two attached hydrogens (primary N) is 1. The number of hydrazine groups is 1. The zero-order chi connectivity index (χ0) is 14.8. The number of benzene rings is 1. The molecule has 1 aromatic carbocycles. The second-order valence-corrected chi connectivity index (χ2v) is 5.95. The molecule has 0 unspecified atom stereocenters. The number of rotatable bonds is 4. The number of hydrogen-bond acceptors (Lipinski definition) is 4. The third kappa shape index (κ3) is 2.85. The van der Waals surface area contributed by atoms with Crippen LogP contribution in [0.4, 0.5) is 5.69 Å². The maximum atomic E-state index is 5.80. The van der Waals surface area contributed by atoms with E-state index in [1.165, 1.54) is 0 Å². The van der Waals surface area contributed by atoms with Gasteiger partial charge in [0.05, 0.1) is 12.3 Å². The molecule has 20 heavy (non-hydrogen) atoms. The lowest BCUT2D eigenvalue weighted by molar-refractivity contribution is 0.320. The lowest BCUT2D eigenvalue weighted by Gasteiger charge is -2.20. The highest BCUT2D eigenvalue weighted by Crippen LogP contribution is 2.33. The number of nitrogens with one attached hydrogen (secondary N) is 1. The first-order chi connectivity index (χ1) is 9.47. The summed E-state index contributed by atoms with van der Waals surface area (Å²) in [6.07, 6.45) is 0.970. The molecule has 0 aliphatic rings. The summed E-state index contributed by atoms with van der Waals surface area (Å²) in [5.74, 6) is 6.47. The van der Waals surface area contributed by atoms with Crippen LogP contribution >= 0.6 is 0 Å². The minimum absolute atomic E-state index is 0.0440. The topological polar surface area (TPSA) is 60.2 Å². The molecule has 0 aliphatic carbocycles. The average Bonchev–Trinajstić information content (AvgIpc) is 2.42. The van der Waals surface area contributed by atoms with Crippen molar-refractivity contribution in [3.05, 3.63) is 30.0 Å². The van der Waals surface area contributed by atoms with Crippen molar-refractivity contribution < 1.29 is 4.74 Å². The standard InChI is InChI=1S/C16H23N3O/c1-5-9-20-13-8-6-7-11-12(19-17)10-14(16(2,3)4)18-15(11)13/h6-8,10H,5,9,17H2,1-4H3,(H,18,19). The van der Waals surface area contributed by atoms with Crippen molar-refractivity contribution in [2.75, 3.05) is 12.0 Å². The van der Waals surface area contributed by atoms with E-state index in [4.69, 9.17) is 15.6 Å². The average molecular weight is 273 g/mol. The highest BCUT2D eigenvalue weighted by molar-refractivity contribution is 5.95. The Morgan fingerprint density at radius 2 is 2.05 bits per heavy atom. The second kappa shape index (κ2) is 5.67. The molecule has 4 heteroatoms. The van der Waals surface area contributed by atoms with Crippen molar-refractivity contribution in [2.45, 2.75) is 39.5 Å². The van der Waals surface area contributed by atoms with Gasteiger partial charge in [0.1, 0.15) is 11.3 Å². The zero-order valence-corrected chi connectivity index (χ0v) is 12.7. The smallest absolute Gasteiger partial charge is 0.145 e. The first-order valence-corrected chi connectivity index (χ1v) is 7.01. The van der Waals surface area contributed by atoms with Crippen LogP contribution in [0.5, 0.6) is 5.75 Å². The molecule has 1 aromatic heterocycles. The lowest BCUT2D eigenvalue weighted by atomic mass is 9.90. The van der Waals surface area contributed by atoms with Gasteiger partial charge in [-0.15, -0.1) is 0 Å². The molecule has 0 atom stereocenters. The van der Waals surface area contributed by atoms with Gasteiger partial charge in [-0.05, 0) is 18.6 Å². The normalized spacial score (nSPS) is 11.7. The van der Waals surface area contributed by atoms with Crippen LogP contribution in [0.25, 0.3) is 10.9 Å². The molecule has 2 rings (SSSR count). The van der Waals surface area contributed by atoms with Crippen LogP contribution in [0.1, 0.15) is 39.8 Å². The molecule has 3 N–H and O–H groups in total. The molecule has 4 nitrogen and oxygen atoms in total. The number of aromatic nitrogens is 1. The number of para-hydroxylation sites is 1. The first-order valence-electron chi connectivity index (χ1n) is 7.01. The lowest BCUT2D eigenvalue weighted by Crippen LogP contribution is -2.16. The maximum Gasteiger partial charge on any atom is 0.145 e. The fraction of sp³-hybridized carbons (Fsp3) is 0.438. The monoisotopic (exact) mass is 273 g/mol. The van der Waals surface area contributed by atoms with E-state index in [-0.39, 0.29) is 5.41 Å². The molecular formula is C16H23N3O. The van der Waals surface area contributed by atoms with E-state index in [1.807, 2.05) is 24.3 Å². The van der Waals surface area contributed by atoms with Gasteiger partial charge < -0.3 is 10.2 Å². The molecule has 0 bridgehead atoms. The van der Waals surface area contributed by atoms with Crippen LogP contribution in [0.15, 0.2) is 24.3 Å². The van der Waals surface area contributed by atoms with E-state index in [0.717, 1.165) is 34.5 Å². The van der Waals surface area contributed by atoms with Crippen LogP contribution < -0.4 is 16.0 Å². The van der Waals surface area contributed by atoms with Gasteiger partial charge in [-0.25, -0.2) is 4.98 Å².